The van der Waals surface area contributed by atoms with Crippen molar-refractivity contribution in [2.75, 3.05) is 0 Å². The van der Waals surface area contributed by atoms with Gasteiger partial charge in [-0.25, -0.2) is 0 Å². The van der Waals surface area contributed by atoms with E-state index in [2.05, 4.69) is 69.4 Å². The van der Waals surface area contributed by atoms with E-state index in [1.807, 2.05) is 0 Å². The molecule has 0 saturated carbocycles. The van der Waals surface area contributed by atoms with Crippen molar-refractivity contribution in [1.29, 1.82) is 0 Å². The Morgan fingerprint density at radius 3 is 2.29 bits per heavy atom. The monoisotopic (exact) mass is 323 g/mol. The Kier molecular flexibility index (Phi) is 6.60. The Morgan fingerprint density at radius 1 is 0.875 bits per heavy atom. The number of hydrogen-bond acceptors (Lipinski definition) is 1. The highest BCUT2D eigenvalue weighted by molar-refractivity contribution is 5.76. The maximum Gasteiger partial charge on any atom is 0.220 e. The van der Waals surface area contributed by atoms with Gasteiger partial charge in [0.05, 0.1) is 0 Å². The fourth-order valence-electron chi connectivity index (χ4n) is 2.91. The zero-order valence-electron chi connectivity index (χ0n) is 15.4. The minimum absolute atomic E-state index is 0.122. The van der Waals surface area contributed by atoms with Crippen molar-refractivity contribution in [3.63, 3.8) is 0 Å². The summed E-state index contributed by atoms with van der Waals surface area (Å²) in [6.45, 7) is 9.18. The first kappa shape index (κ1) is 18.3. The largest absolute Gasteiger partial charge is 0.352 e. The van der Waals surface area contributed by atoms with Crippen molar-refractivity contribution >= 4 is 5.91 Å². The third-order valence-electron chi connectivity index (χ3n) is 4.75. The van der Waals surface area contributed by atoms with Crippen molar-refractivity contribution in [1.82, 2.24) is 5.32 Å². The molecule has 24 heavy (non-hydrogen) atoms. The smallest absolute Gasteiger partial charge is 0.220 e. The van der Waals surface area contributed by atoms with E-state index in [1.54, 1.807) is 0 Å². The summed E-state index contributed by atoms with van der Waals surface area (Å²) in [4.78, 5) is 12.2. The van der Waals surface area contributed by atoms with Gasteiger partial charge in [-0.1, -0.05) is 50.2 Å². The molecule has 0 aliphatic heterocycles. The third-order valence-corrected chi connectivity index (χ3v) is 4.75. The van der Waals surface area contributed by atoms with Crippen molar-refractivity contribution < 1.29 is 4.79 Å². The lowest BCUT2D eigenvalue weighted by molar-refractivity contribution is -0.121. The lowest BCUT2D eigenvalue weighted by atomic mass is 10.0. The van der Waals surface area contributed by atoms with E-state index in [0.717, 1.165) is 19.3 Å². The first-order chi connectivity index (χ1) is 11.5. The van der Waals surface area contributed by atoms with E-state index in [1.165, 1.54) is 33.4 Å². The Balaban J connectivity index is 1.90. The Morgan fingerprint density at radius 2 is 1.62 bits per heavy atom. The van der Waals surface area contributed by atoms with Crippen LogP contribution >= 0.6 is 0 Å². The molecule has 2 nitrogen and oxygen atoms in total. The second-order valence-corrected chi connectivity index (χ2v) is 6.51. The predicted molar refractivity (Wildman–Crippen MR) is 101 cm³/mol. The van der Waals surface area contributed by atoms with E-state index >= 15 is 0 Å². The Hall–Kier alpha value is -2.09. The molecule has 2 aromatic rings. The van der Waals surface area contributed by atoms with E-state index in [0.29, 0.717) is 13.0 Å². The first-order valence-electron chi connectivity index (χ1n) is 8.97. The number of carbonyl (C=O) groups is 1. The highest BCUT2D eigenvalue weighted by Gasteiger charge is 2.06. The van der Waals surface area contributed by atoms with E-state index in [9.17, 15) is 4.79 Å². The van der Waals surface area contributed by atoms with Crippen molar-refractivity contribution in [3.05, 3.63) is 69.8 Å². The van der Waals surface area contributed by atoms with Crippen LogP contribution < -0.4 is 5.32 Å². The maximum absolute atomic E-state index is 12.2. The van der Waals surface area contributed by atoms with Crippen LogP contribution in [-0.4, -0.2) is 5.91 Å². The van der Waals surface area contributed by atoms with Crippen LogP contribution in [0.15, 0.2) is 36.4 Å². The average Bonchev–Trinajstić information content (AvgIpc) is 2.60. The van der Waals surface area contributed by atoms with Gasteiger partial charge >= 0.3 is 0 Å². The van der Waals surface area contributed by atoms with Crippen molar-refractivity contribution in [3.8, 4) is 0 Å². The first-order valence-corrected chi connectivity index (χ1v) is 8.97. The highest BCUT2D eigenvalue weighted by atomic mass is 16.1. The summed E-state index contributed by atoms with van der Waals surface area (Å²) in [5.41, 5.74) is 7.71. The molecule has 0 heterocycles. The zero-order chi connectivity index (χ0) is 17.5. The van der Waals surface area contributed by atoms with Crippen LogP contribution in [0.2, 0.25) is 0 Å². The molecule has 0 aliphatic rings. The number of aryl methyl sites for hydroxylation is 5. The molecule has 0 bridgehead atoms. The van der Waals surface area contributed by atoms with E-state index in [4.69, 9.17) is 0 Å². The van der Waals surface area contributed by atoms with Gasteiger partial charge in [-0.3, -0.25) is 4.79 Å². The van der Waals surface area contributed by atoms with Crippen LogP contribution in [0.25, 0.3) is 0 Å². The molecule has 0 aliphatic carbocycles. The van der Waals surface area contributed by atoms with Crippen LogP contribution in [-0.2, 0) is 30.6 Å². The molecule has 1 amide bonds. The summed E-state index contributed by atoms with van der Waals surface area (Å²) in [7, 11) is 0. The predicted octanol–water partition coefficient (Wildman–Crippen LogP) is 4.68. The molecule has 0 atom stereocenters. The van der Waals surface area contributed by atoms with Crippen LogP contribution in [0, 0.1) is 13.8 Å². The van der Waals surface area contributed by atoms with Crippen molar-refractivity contribution in [2.24, 2.45) is 0 Å². The van der Waals surface area contributed by atoms with Gasteiger partial charge in [0.1, 0.15) is 0 Å². The minimum Gasteiger partial charge on any atom is -0.352 e. The maximum atomic E-state index is 12.2. The molecule has 0 spiro atoms. The molecular weight excluding hydrogens is 294 g/mol. The van der Waals surface area contributed by atoms with Gasteiger partial charge in [0.25, 0.3) is 0 Å². The summed E-state index contributed by atoms with van der Waals surface area (Å²) in [6.07, 6.45) is 3.36. The van der Waals surface area contributed by atoms with Gasteiger partial charge in [0.15, 0.2) is 0 Å². The van der Waals surface area contributed by atoms with Gasteiger partial charge < -0.3 is 5.32 Å². The van der Waals surface area contributed by atoms with Crippen LogP contribution in [0.1, 0.15) is 53.6 Å². The zero-order valence-corrected chi connectivity index (χ0v) is 15.4. The quantitative estimate of drug-likeness (QED) is 0.788. The second-order valence-electron chi connectivity index (χ2n) is 6.51. The fraction of sp³-hybridized carbons (Fsp3) is 0.409. The van der Waals surface area contributed by atoms with E-state index in [-0.39, 0.29) is 5.91 Å². The molecule has 1 N–H and O–H groups in total. The van der Waals surface area contributed by atoms with Gasteiger partial charge in [0, 0.05) is 13.0 Å². The number of rotatable bonds is 7. The van der Waals surface area contributed by atoms with Gasteiger partial charge in [0.2, 0.25) is 5.91 Å². The lowest BCUT2D eigenvalue weighted by Gasteiger charge is -2.12. The van der Waals surface area contributed by atoms with Crippen LogP contribution in [0.5, 0.6) is 0 Å². The average molecular weight is 323 g/mol. The molecule has 0 saturated heterocycles. The normalized spacial score (nSPS) is 10.7. The molecule has 0 fully saturated rings. The minimum atomic E-state index is 0.122. The van der Waals surface area contributed by atoms with Crippen LogP contribution in [0.3, 0.4) is 0 Å². The number of benzene rings is 2. The van der Waals surface area contributed by atoms with E-state index < -0.39 is 0 Å². The molecule has 0 unspecified atom stereocenters. The van der Waals surface area contributed by atoms with Crippen molar-refractivity contribution in [2.45, 2.75) is 59.9 Å². The number of amides is 1. The third kappa shape index (κ3) is 4.95. The second kappa shape index (κ2) is 8.68. The summed E-state index contributed by atoms with van der Waals surface area (Å²) >= 11 is 0. The highest BCUT2D eigenvalue weighted by Crippen LogP contribution is 2.14. The summed E-state index contributed by atoms with van der Waals surface area (Å²) in [5, 5.41) is 3.08. The SMILES string of the molecule is CCc1ccc(CC)c(CNC(=O)CCc2ccc(C)c(C)c2)c1. The van der Waals surface area contributed by atoms with Gasteiger partial charge in [-0.15, -0.1) is 0 Å². The Labute approximate surface area is 146 Å². The molecule has 2 heteroatoms. The Bertz CT molecular complexity index is 703. The summed E-state index contributed by atoms with van der Waals surface area (Å²) < 4.78 is 0. The molecule has 2 aromatic carbocycles. The molecular formula is C22H29NO. The summed E-state index contributed by atoms with van der Waals surface area (Å²) in [5.74, 6) is 0.122. The molecule has 2 rings (SSSR count). The van der Waals surface area contributed by atoms with Crippen LogP contribution in [0.4, 0.5) is 0 Å². The van der Waals surface area contributed by atoms with Gasteiger partial charge in [-0.05, 0) is 66.5 Å². The molecule has 0 radical (unpaired) electrons. The number of nitrogens with one attached hydrogen (secondary N) is 1. The van der Waals surface area contributed by atoms with Gasteiger partial charge in [-0.2, -0.15) is 0 Å². The lowest BCUT2D eigenvalue weighted by Crippen LogP contribution is -2.23. The fourth-order valence-corrected chi connectivity index (χ4v) is 2.91. The number of carbonyl (C=O) groups excluding carboxylic acids is 1. The number of hydrogen-bond donors (Lipinski definition) is 1. The standard InChI is InChI=1S/C22H29NO/c1-5-18-9-11-20(6-2)21(14-18)15-23-22(24)12-10-19-8-7-16(3)17(4)13-19/h7-9,11,13-14H,5-6,10,12,15H2,1-4H3,(H,23,24). The summed E-state index contributed by atoms with van der Waals surface area (Å²) in [6, 6.07) is 13.0. The molecule has 128 valence electrons. The topological polar surface area (TPSA) is 29.1 Å². The molecule has 0 aromatic heterocycles.